The van der Waals surface area contributed by atoms with Crippen LogP contribution in [0, 0.1) is 5.92 Å². The van der Waals surface area contributed by atoms with Crippen molar-refractivity contribution >= 4 is 12.4 Å². The lowest BCUT2D eigenvalue weighted by molar-refractivity contribution is 0.207. The fourth-order valence-electron chi connectivity index (χ4n) is 2.65. The first-order valence-corrected chi connectivity index (χ1v) is 7.63. The van der Waals surface area contributed by atoms with Gasteiger partial charge in [-0.1, -0.05) is 6.07 Å². The van der Waals surface area contributed by atoms with Crippen molar-refractivity contribution in [2.75, 3.05) is 27.3 Å². The quantitative estimate of drug-likeness (QED) is 0.796. The van der Waals surface area contributed by atoms with Crippen LogP contribution < -0.4 is 15.2 Å². The van der Waals surface area contributed by atoms with E-state index in [1.54, 1.807) is 14.2 Å². The Morgan fingerprint density at radius 1 is 1.23 bits per heavy atom. The molecule has 1 fully saturated rings. The Morgan fingerprint density at radius 3 is 2.41 bits per heavy atom. The van der Waals surface area contributed by atoms with Crippen LogP contribution in [0.15, 0.2) is 18.2 Å². The number of nitrogens with two attached hydrogens (primary N) is 1. The molecular weight excluding hydrogens is 300 g/mol. The molecule has 22 heavy (non-hydrogen) atoms. The molecule has 1 aromatic rings. The minimum Gasteiger partial charge on any atom is -0.497 e. The van der Waals surface area contributed by atoms with Crippen molar-refractivity contribution < 1.29 is 9.47 Å². The van der Waals surface area contributed by atoms with Crippen molar-refractivity contribution in [3.05, 3.63) is 23.8 Å². The van der Waals surface area contributed by atoms with Gasteiger partial charge in [-0.2, -0.15) is 0 Å². The molecular formula is C17H29ClN2O2. The number of ether oxygens (including phenoxy) is 2. The van der Waals surface area contributed by atoms with Gasteiger partial charge in [0.1, 0.15) is 11.5 Å². The van der Waals surface area contributed by atoms with Gasteiger partial charge in [0.2, 0.25) is 0 Å². The minimum atomic E-state index is -0.186. The lowest BCUT2D eigenvalue weighted by Crippen LogP contribution is -2.45. The number of nitrogens with zero attached hydrogens (tertiary/aromatic N) is 1. The smallest absolute Gasteiger partial charge is 0.127 e. The monoisotopic (exact) mass is 328 g/mol. The zero-order valence-electron chi connectivity index (χ0n) is 14.1. The molecule has 4 nitrogen and oxygen atoms in total. The molecule has 1 aliphatic carbocycles. The summed E-state index contributed by atoms with van der Waals surface area (Å²) in [5.41, 5.74) is 7.21. The molecule has 1 aliphatic rings. The van der Waals surface area contributed by atoms with E-state index in [1.807, 2.05) is 12.1 Å². The second-order valence-electron chi connectivity index (χ2n) is 6.78. The summed E-state index contributed by atoms with van der Waals surface area (Å²) in [7, 11) is 3.38. The Labute approximate surface area is 140 Å². The summed E-state index contributed by atoms with van der Waals surface area (Å²) in [5, 5.41) is 0. The Morgan fingerprint density at radius 2 is 1.91 bits per heavy atom. The lowest BCUT2D eigenvalue weighted by atomic mass is 10.1. The summed E-state index contributed by atoms with van der Waals surface area (Å²) >= 11 is 0. The summed E-state index contributed by atoms with van der Waals surface area (Å²) in [4.78, 5) is 2.45. The van der Waals surface area contributed by atoms with Crippen molar-refractivity contribution in [1.82, 2.24) is 4.90 Å². The summed E-state index contributed by atoms with van der Waals surface area (Å²) in [6.07, 6.45) is 2.70. The molecule has 0 bridgehead atoms. The fraction of sp³-hybridized carbons (Fsp3) is 0.647. The largest absolute Gasteiger partial charge is 0.497 e. The molecule has 5 heteroatoms. The van der Waals surface area contributed by atoms with Gasteiger partial charge in [0.05, 0.1) is 14.2 Å². The summed E-state index contributed by atoms with van der Waals surface area (Å²) in [5.74, 6) is 2.55. The van der Waals surface area contributed by atoms with Crippen LogP contribution in [0.5, 0.6) is 11.5 Å². The highest BCUT2D eigenvalue weighted by Crippen LogP contribution is 2.32. The standard InChI is InChI=1S/C17H28N2O2.ClH/c1-17(2,18)12-19(10-13-5-6-13)11-14-7-8-15(20-3)9-16(14)21-4;/h7-9,13H,5-6,10-12,18H2,1-4H3;1H. The van der Waals surface area contributed by atoms with Gasteiger partial charge in [-0.05, 0) is 38.7 Å². The molecule has 2 rings (SSSR count). The van der Waals surface area contributed by atoms with Crippen LogP contribution in [0.2, 0.25) is 0 Å². The average molecular weight is 329 g/mol. The number of halogens is 1. The maximum absolute atomic E-state index is 6.21. The molecule has 0 amide bonds. The number of benzene rings is 1. The van der Waals surface area contributed by atoms with Crippen molar-refractivity contribution in [1.29, 1.82) is 0 Å². The summed E-state index contributed by atoms with van der Waals surface area (Å²) in [6, 6.07) is 6.01. The fourth-order valence-corrected chi connectivity index (χ4v) is 2.65. The number of rotatable bonds is 8. The maximum Gasteiger partial charge on any atom is 0.127 e. The van der Waals surface area contributed by atoms with Crippen LogP contribution >= 0.6 is 12.4 Å². The van der Waals surface area contributed by atoms with E-state index >= 15 is 0 Å². The van der Waals surface area contributed by atoms with Gasteiger partial charge in [0, 0.05) is 36.8 Å². The number of hydrogen-bond donors (Lipinski definition) is 1. The number of methoxy groups -OCH3 is 2. The molecule has 0 radical (unpaired) electrons. The van der Waals surface area contributed by atoms with E-state index in [0.717, 1.165) is 37.1 Å². The first-order valence-electron chi connectivity index (χ1n) is 7.63. The topological polar surface area (TPSA) is 47.7 Å². The molecule has 0 aromatic heterocycles. The van der Waals surface area contributed by atoms with Crippen LogP contribution in [0.4, 0.5) is 0 Å². The SMILES string of the molecule is COc1ccc(CN(CC2CC2)CC(C)(C)N)c(OC)c1.Cl. The van der Waals surface area contributed by atoms with Gasteiger partial charge in [0.15, 0.2) is 0 Å². The van der Waals surface area contributed by atoms with Gasteiger partial charge >= 0.3 is 0 Å². The third kappa shape index (κ3) is 6.03. The zero-order chi connectivity index (χ0) is 15.5. The molecule has 0 unspecified atom stereocenters. The normalized spacial score (nSPS) is 14.6. The first-order chi connectivity index (χ1) is 9.91. The zero-order valence-corrected chi connectivity index (χ0v) is 14.9. The Hall–Kier alpha value is -0.970. The van der Waals surface area contributed by atoms with Crippen molar-refractivity contribution in [2.24, 2.45) is 11.7 Å². The van der Waals surface area contributed by atoms with E-state index in [-0.39, 0.29) is 17.9 Å². The average Bonchev–Trinajstić information content (AvgIpc) is 3.21. The van der Waals surface area contributed by atoms with E-state index in [9.17, 15) is 0 Å². The summed E-state index contributed by atoms with van der Waals surface area (Å²) in [6.45, 7) is 7.04. The molecule has 0 atom stereocenters. The Bertz CT molecular complexity index is 470. The van der Waals surface area contributed by atoms with Crippen molar-refractivity contribution in [3.8, 4) is 11.5 Å². The minimum absolute atomic E-state index is 0. The van der Waals surface area contributed by atoms with Gasteiger partial charge < -0.3 is 15.2 Å². The van der Waals surface area contributed by atoms with Gasteiger partial charge in [0.25, 0.3) is 0 Å². The van der Waals surface area contributed by atoms with E-state index < -0.39 is 0 Å². The highest BCUT2D eigenvalue weighted by Gasteiger charge is 2.27. The van der Waals surface area contributed by atoms with Crippen molar-refractivity contribution in [3.63, 3.8) is 0 Å². The molecule has 126 valence electrons. The molecule has 0 heterocycles. The number of hydrogen-bond acceptors (Lipinski definition) is 4. The molecule has 1 aromatic carbocycles. The van der Waals surface area contributed by atoms with Crippen LogP contribution in [0.1, 0.15) is 32.3 Å². The van der Waals surface area contributed by atoms with E-state index in [0.29, 0.717) is 0 Å². The van der Waals surface area contributed by atoms with E-state index in [4.69, 9.17) is 15.2 Å². The lowest BCUT2D eigenvalue weighted by Gasteiger charge is -2.30. The third-order valence-electron chi connectivity index (χ3n) is 3.73. The third-order valence-corrected chi connectivity index (χ3v) is 3.73. The molecule has 0 spiro atoms. The Kier molecular flexibility index (Phi) is 6.98. The van der Waals surface area contributed by atoms with E-state index in [1.165, 1.54) is 18.4 Å². The van der Waals surface area contributed by atoms with Crippen LogP contribution in [-0.2, 0) is 6.54 Å². The maximum atomic E-state index is 6.21. The first kappa shape index (κ1) is 19.1. The molecule has 0 saturated heterocycles. The highest BCUT2D eigenvalue weighted by molar-refractivity contribution is 5.85. The molecule has 2 N–H and O–H groups in total. The van der Waals surface area contributed by atoms with Gasteiger partial charge in [-0.15, -0.1) is 12.4 Å². The van der Waals surface area contributed by atoms with Crippen molar-refractivity contribution in [2.45, 2.75) is 38.8 Å². The predicted molar refractivity (Wildman–Crippen MR) is 93.1 cm³/mol. The summed E-state index contributed by atoms with van der Waals surface area (Å²) < 4.78 is 10.8. The second-order valence-corrected chi connectivity index (χ2v) is 6.78. The van der Waals surface area contributed by atoms with Crippen LogP contribution in [0.3, 0.4) is 0 Å². The van der Waals surface area contributed by atoms with Crippen LogP contribution in [0.25, 0.3) is 0 Å². The Balaban J connectivity index is 0.00000242. The van der Waals surface area contributed by atoms with E-state index in [2.05, 4.69) is 24.8 Å². The van der Waals surface area contributed by atoms with Gasteiger partial charge in [-0.3, -0.25) is 4.90 Å². The highest BCUT2D eigenvalue weighted by atomic mass is 35.5. The van der Waals surface area contributed by atoms with Gasteiger partial charge in [-0.25, -0.2) is 0 Å². The second kappa shape index (κ2) is 8.04. The molecule has 1 saturated carbocycles. The predicted octanol–water partition coefficient (Wildman–Crippen LogP) is 3.07. The van der Waals surface area contributed by atoms with Crippen LogP contribution in [-0.4, -0.2) is 37.7 Å². The molecule has 0 aliphatic heterocycles.